The van der Waals surface area contributed by atoms with Crippen molar-refractivity contribution in [3.63, 3.8) is 0 Å². The van der Waals surface area contributed by atoms with E-state index in [9.17, 15) is 9.18 Å². The first-order valence-electron chi connectivity index (χ1n) is 6.31. The topological polar surface area (TPSA) is 44.8 Å². The maximum absolute atomic E-state index is 11.7. The molecule has 0 aliphatic carbocycles. The summed E-state index contributed by atoms with van der Waals surface area (Å²) in [6, 6.07) is 7.30. The van der Waals surface area contributed by atoms with Crippen LogP contribution in [-0.2, 0) is 14.3 Å². The monoisotopic (exact) mass is 348 g/mol. The van der Waals surface area contributed by atoms with Crippen molar-refractivity contribution < 1.29 is 23.4 Å². The van der Waals surface area contributed by atoms with Gasteiger partial charge in [-0.3, -0.25) is 0 Å². The van der Waals surface area contributed by atoms with Crippen LogP contribution in [0.15, 0.2) is 24.3 Å². The van der Waals surface area contributed by atoms with Crippen LogP contribution >= 0.6 is 15.9 Å². The number of aldehydes is 1. The molecule has 1 unspecified atom stereocenters. The molecule has 0 saturated heterocycles. The molecule has 0 aromatic heterocycles. The van der Waals surface area contributed by atoms with Crippen molar-refractivity contribution in [3.8, 4) is 5.75 Å². The fraction of sp³-hybridized carbons (Fsp3) is 0.500. The Balaban J connectivity index is 2.17. The van der Waals surface area contributed by atoms with Gasteiger partial charge in [0, 0.05) is 0 Å². The van der Waals surface area contributed by atoms with E-state index in [1.165, 1.54) is 0 Å². The first-order chi connectivity index (χ1) is 9.77. The second kappa shape index (κ2) is 10.8. The SMILES string of the molecule is O=CC(Br)c1cccc(OCCOCCOCCF)c1. The zero-order valence-electron chi connectivity index (χ0n) is 11.1. The summed E-state index contributed by atoms with van der Waals surface area (Å²) in [5, 5.41) is 0. The van der Waals surface area contributed by atoms with Crippen LogP contribution in [0.1, 0.15) is 10.4 Å². The molecule has 0 radical (unpaired) electrons. The molecule has 0 aliphatic heterocycles. The van der Waals surface area contributed by atoms with Crippen LogP contribution in [0.2, 0.25) is 0 Å². The largest absolute Gasteiger partial charge is 0.491 e. The highest BCUT2D eigenvalue weighted by molar-refractivity contribution is 9.09. The third-order valence-corrected chi connectivity index (χ3v) is 3.13. The van der Waals surface area contributed by atoms with E-state index >= 15 is 0 Å². The van der Waals surface area contributed by atoms with E-state index in [4.69, 9.17) is 14.2 Å². The number of rotatable bonds is 11. The highest BCUT2D eigenvalue weighted by Gasteiger charge is 2.06. The Morgan fingerprint density at radius 1 is 1.15 bits per heavy atom. The molecule has 1 rings (SSSR count). The summed E-state index contributed by atoms with van der Waals surface area (Å²) in [5.41, 5.74) is 0.845. The van der Waals surface area contributed by atoms with E-state index < -0.39 is 6.67 Å². The number of hydrogen-bond donors (Lipinski definition) is 0. The van der Waals surface area contributed by atoms with Gasteiger partial charge in [-0.2, -0.15) is 0 Å². The first-order valence-corrected chi connectivity index (χ1v) is 7.23. The van der Waals surface area contributed by atoms with Crippen molar-refractivity contribution in [1.29, 1.82) is 0 Å². The minimum Gasteiger partial charge on any atom is -0.491 e. The molecule has 4 nitrogen and oxygen atoms in total. The highest BCUT2D eigenvalue weighted by Crippen LogP contribution is 2.23. The van der Waals surface area contributed by atoms with Crippen molar-refractivity contribution in [2.75, 3.05) is 39.7 Å². The van der Waals surface area contributed by atoms with Gasteiger partial charge in [0.05, 0.1) is 31.3 Å². The van der Waals surface area contributed by atoms with Crippen LogP contribution in [-0.4, -0.2) is 46.0 Å². The molecule has 0 heterocycles. The third-order valence-electron chi connectivity index (χ3n) is 2.39. The molecular weight excluding hydrogens is 331 g/mol. The molecule has 20 heavy (non-hydrogen) atoms. The summed E-state index contributed by atoms with van der Waals surface area (Å²) >= 11 is 3.25. The van der Waals surface area contributed by atoms with Crippen LogP contribution in [0.5, 0.6) is 5.75 Å². The Labute approximate surface area is 126 Å². The van der Waals surface area contributed by atoms with Gasteiger partial charge < -0.3 is 19.0 Å². The van der Waals surface area contributed by atoms with Crippen LogP contribution in [0, 0.1) is 0 Å². The second-order valence-electron chi connectivity index (χ2n) is 3.87. The molecule has 6 heteroatoms. The van der Waals surface area contributed by atoms with Crippen LogP contribution in [0.4, 0.5) is 4.39 Å². The smallest absolute Gasteiger partial charge is 0.138 e. The standard InChI is InChI=1S/C14H18BrFO4/c15-14(11-17)12-2-1-3-13(10-12)20-9-8-19-7-6-18-5-4-16/h1-3,10-11,14H,4-9H2. The Kier molecular flexibility index (Phi) is 9.19. The lowest BCUT2D eigenvalue weighted by molar-refractivity contribution is -0.107. The van der Waals surface area contributed by atoms with Gasteiger partial charge in [-0.1, -0.05) is 28.1 Å². The normalized spacial score (nSPS) is 12.1. The minimum atomic E-state index is -0.477. The van der Waals surface area contributed by atoms with Crippen molar-refractivity contribution >= 4 is 22.2 Å². The van der Waals surface area contributed by atoms with Gasteiger partial charge in [0.2, 0.25) is 0 Å². The van der Waals surface area contributed by atoms with E-state index in [1.54, 1.807) is 6.07 Å². The summed E-state index contributed by atoms with van der Waals surface area (Å²) in [4.78, 5) is 10.4. The molecule has 0 aliphatic rings. The zero-order valence-corrected chi connectivity index (χ0v) is 12.7. The molecule has 0 bridgehead atoms. The van der Waals surface area contributed by atoms with Crippen molar-refractivity contribution in [2.45, 2.75) is 4.83 Å². The van der Waals surface area contributed by atoms with Gasteiger partial charge in [-0.15, -0.1) is 0 Å². The number of halogens is 2. The molecule has 1 aromatic rings. The van der Waals surface area contributed by atoms with Gasteiger partial charge in [-0.05, 0) is 17.7 Å². The maximum atomic E-state index is 11.7. The van der Waals surface area contributed by atoms with E-state index in [2.05, 4.69) is 15.9 Å². The summed E-state index contributed by atoms with van der Waals surface area (Å²) in [6.45, 7) is 1.25. The van der Waals surface area contributed by atoms with Gasteiger partial charge in [-0.25, -0.2) is 4.39 Å². The lowest BCUT2D eigenvalue weighted by atomic mass is 10.1. The van der Waals surface area contributed by atoms with Crippen molar-refractivity contribution in [3.05, 3.63) is 29.8 Å². The second-order valence-corrected chi connectivity index (χ2v) is 4.86. The molecule has 0 spiro atoms. The molecule has 0 saturated carbocycles. The van der Waals surface area contributed by atoms with E-state index in [1.807, 2.05) is 18.2 Å². The van der Waals surface area contributed by atoms with Crippen LogP contribution in [0.3, 0.4) is 0 Å². The van der Waals surface area contributed by atoms with Gasteiger partial charge in [0.15, 0.2) is 0 Å². The lowest BCUT2D eigenvalue weighted by Crippen LogP contribution is -2.11. The fourth-order valence-electron chi connectivity index (χ4n) is 1.45. The predicted octanol–water partition coefficient (Wildman–Crippen LogP) is 2.70. The molecular formula is C14H18BrFO4. The van der Waals surface area contributed by atoms with Crippen molar-refractivity contribution in [2.24, 2.45) is 0 Å². The first kappa shape index (κ1) is 17.1. The summed E-state index contributed by atoms with van der Waals surface area (Å²) in [6.07, 6.45) is 0.819. The Morgan fingerprint density at radius 2 is 1.85 bits per heavy atom. The Morgan fingerprint density at radius 3 is 2.55 bits per heavy atom. The molecule has 0 amide bonds. The predicted molar refractivity (Wildman–Crippen MR) is 77.3 cm³/mol. The van der Waals surface area contributed by atoms with E-state index in [0.29, 0.717) is 32.2 Å². The zero-order chi connectivity index (χ0) is 14.6. The minimum absolute atomic E-state index is 0.108. The van der Waals surface area contributed by atoms with Gasteiger partial charge in [0.25, 0.3) is 0 Å². The maximum Gasteiger partial charge on any atom is 0.138 e. The summed E-state index contributed by atoms with van der Waals surface area (Å²) in [5.74, 6) is 0.686. The quantitative estimate of drug-likeness (QED) is 0.350. The molecule has 1 aromatic carbocycles. The number of carbonyl (C=O) groups excluding carboxylic acids is 1. The summed E-state index contributed by atoms with van der Waals surface area (Å²) < 4.78 is 27.4. The van der Waals surface area contributed by atoms with E-state index in [-0.39, 0.29) is 11.4 Å². The molecule has 1 atom stereocenters. The van der Waals surface area contributed by atoms with Crippen LogP contribution in [0.25, 0.3) is 0 Å². The fourth-order valence-corrected chi connectivity index (χ4v) is 1.73. The summed E-state index contributed by atoms with van der Waals surface area (Å²) in [7, 11) is 0. The van der Waals surface area contributed by atoms with Gasteiger partial charge in [0.1, 0.15) is 25.3 Å². The van der Waals surface area contributed by atoms with E-state index in [0.717, 1.165) is 11.8 Å². The van der Waals surface area contributed by atoms with Crippen LogP contribution < -0.4 is 4.74 Å². The highest BCUT2D eigenvalue weighted by atomic mass is 79.9. The molecule has 0 N–H and O–H groups in total. The third kappa shape index (κ3) is 6.98. The lowest BCUT2D eigenvalue weighted by Gasteiger charge is -2.09. The number of hydrogen-bond acceptors (Lipinski definition) is 4. The molecule has 0 fully saturated rings. The van der Waals surface area contributed by atoms with Gasteiger partial charge >= 0.3 is 0 Å². The average molecular weight is 349 g/mol. The number of carbonyl (C=O) groups is 1. The molecule has 112 valence electrons. The number of benzene rings is 1. The van der Waals surface area contributed by atoms with Crippen molar-refractivity contribution in [1.82, 2.24) is 0 Å². The Bertz CT molecular complexity index is 389. The number of alkyl halides is 2. The Hall–Kier alpha value is -0.980. The number of ether oxygens (including phenoxy) is 3. The average Bonchev–Trinajstić information content (AvgIpc) is 2.49.